The summed E-state index contributed by atoms with van der Waals surface area (Å²) in [5.74, 6) is 1.09. The maximum absolute atomic E-state index is 12.3. The van der Waals surface area contributed by atoms with Gasteiger partial charge in [0.2, 0.25) is 0 Å². The molecule has 2 saturated heterocycles. The molecule has 164 valence electrons. The third kappa shape index (κ3) is 4.97. The van der Waals surface area contributed by atoms with E-state index in [1.807, 2.05) is 6.07 Å². The van der Waals surface area contributed by atoms with Crippen molar-refractivity contribution in [2.75, 3.05) is 26.2 Å². The second-order valence-corrected chi connectivity index (χ2v) is 8.84. The number of ether oxygens (including phenoxy) is 1. The second kappa shape index (κ2) is 10.3. The van der Waals surface area contributed by atoms with Gasteiger partial charge in [0.1, 0.15) is 17.9 Å². The first kappa shape index (κ1) is 21.2. The van der Waals surface area contributed by atoms with E-state index in [9.17, 15) is 9.59 Å². The van der Waals surface area contributed by atoms with Gasteiger partial charge in [-0.05, 0) is 56.7 Å². The van der Waals surface area contributed by atoms with Crippen LogP contribution < -0.4 is 10.1 Å². The lowest BCUT2D eigenvalue weighted by atomic mass is 10.0. The number of unbranched alkanes of at least 4 members (excludes halogenated alkanes) is 5. The molecule has 0 aromatic heterocycles. The zero-order valence-electron chi connectivity index (χ0n) is 18.0. The molecule has 0 bridgehead atoms. The molecular weight excluding hydrogens is 378 g/mol. The van der Waals surface area contributed by atoms with Crippen LogP contribution >= 0.6 is 0 Å². The number of nitrogens with one attached hydrogen (secondary N) is 1. The summed E-state index contributed by atoms with van der Waals surface area (Å²) in [5.41, 5.74) is 1.33. The average Bonchev–Trinajstić information content (AvgIpc) is 3.34. The Balaban J connectivity index is 0.991. The van der Waals surface area contributed by atoms with Crippen LogP contribution in [0.3, 0.4) is 0 Å². The molecule has 6 nitrogen and oxygen atoms in total. The van der Waals surface area contributed by atoms with Gasteiger partial charge in [0.25, 0.3) is 5.91 Å². The average molecular weight is 414 g/mol. The van der Waals surface area contributed by atoms with Crippen molar-refractivity contribution in [1.29, 1.82) is 0 Å². The number of carbonyl (C=O) groups excluding carboxylic acids is 2. The van der Waals surface area contributed by atoms with Gasteiger partial charge in [-0.25, -0.2) is 4.79 Å². The largest absolute Gasteiger partial charge is 0.489 e. The number of amides is 3. The highest BCUT2D eigenvalue weighted by molar-refractivity contribution is 6.04. The first-order valence-corrected chi connectivity index (χ1v) is 11.8. The van der Waals surface area contributed by atoms with E-state index in [4.69, 9.17) is 4.74 Å². The predicted molar refractivity (Wildman–Crippen MR) is 117 cm³/mol. The third-order valence-electron chi connectivity index (χ3n) is 6.64. The Kier molecular flexibility index (Phi) is 7.26. The van der Waals surface area contributed by atoms with E-state index < -0.39 is 0 Å². The van der Waals surface area contributed by atoms with E-state index in [2.05, 4.69) is 23.5 Å². The van der Waals surface area contributed by atoms with E-state index >= 15 is 0 Å². The van der Waals surface area contributed by atoms with Gasteiger partial charge in [-0.15, -0.1) is 0 Å². The Morgan fingerprint density at radius 3 is 2.67 bits per heavy atom. The molecule has 0 spiro atoms. The normalized spacial score (nSPS) is 22.9. The zero-order valence-corrected chi connectivity index (χ0v) is 18.0. The standard InChI is InChI=1S/C24H35N3O3/c28-23-21-11-9-17-26(21)24(29)27(23)16-8-4-2-1-3-7-15-25-18-20-14-13-19-10-5-6-12-22(19)30-20/h5-6,10,12,20-21,25H,1-4,7-9,11,13-18H2. The van der Waals surface area contributed by atoms with Crippen LogP contribution in [0, 0.1) is 0 Å². The number of para-hydroxylation sites is 1. The highest BCUT2D eigenvalue weighted by Gasteiger charge is 2.46. The van der Waals surface area contributed by atoms with E-state index in [1.165, 1.54) is 36.1 Å². The molecule has 1 aromatic carbocycles. The van der Waals surface area contributed by atoms with Crippen LogP contribution in [0.4, 0.5) is 4.79 Å². The summed E-state index contributed by atoms with van der Waals surface area (Å²) in [6, 6.07) is 8.13. The lowest BCUT2D eigenvalue weighted by Gasteiger charge is -2.26. The highest BCUT2D eigenvalue weighted by Crippen LogP contribution is 2.28. The Labute approximate surface area is 179 Å². The number of hydrogen-bond acceptors (Lipinski definition) is 4. The first-order chi connectivity index (χ1) is 14.7. The van der Waals surface area contributed by atoms with Gasteiger partial charge in [-0.3, -0.25) is 9.69 Å². The summed E-state index contributed by atoms with van der Waals surface area (Å²) in [7, 11) is 0. The molecule has 2 unspecified atom stereocenters. The molecule has 1 aromatic rings. The summed E-state index contributed by atoms with van der Waals surface area (Å²) in [6.07, 6.45) is 11.1. The number of fused-ring (bicyclic) bond motifs is 2. The fraction of sp³-hybridized carbons (Fsp3) is 0.667. The van der Waals surface area contributed by atoms with Crippen LogP contribution in [0.1, 0.15) is 63.4 Å². The molecule has 4 rings (SSSR count). The molecule has 30 heavy (non-hydrogen) atoms. The van der Waals surface area contributed by atoms with Crippen molar-refractivity contribution in [3.05, 3.63) is 29.8 Å². The zero-order chi connectivity index (χ0) is 20.8. The van der Waals surface area contributed by atoms with Gasteiger partial charge in [0.15, 0.2) is 0 Å². The summed E-state index contributed by atoms with van der Waals surface area (Å²) in [6.45, 7) is 3.30. The number of carbonyl (C=O) groups is 2. The number of benzene rings is 1. The van der Waals surface area contributed by atoms with E-state index in [1.54, 1.807) is 4.90 Å². The molecule has 0 saturated carbocycles. The predicted octanol–water partition coefficient (Wildman–Crippen LogP) is 3.74. The van der Waals surface area contributed by atoms with Gasteiger partial charge >= 0.3 is 6.03 Å². The minimum atomic E-state index is -0.154. The quantitative estimate of drug-likeness (QED) is 0.443. The fourth-order valence-corrected chi connectivity index (χ4v) is 4.90. The number of nitrogens with zero attached hydrogens (tertiary/aromatic N) is 2. The topological polar surface area (TPSA) is 61.9 Å². The molecule has 3 aliphatic heterocycles. The minimum Gasteiger partial charge on any atom is -0.489 e. The van der Waals surface area contributed by atoms with Crippen LogP contribution in [0.2, 0.25) is 0 Å². The van der Waals surface area contributed by atoms with Crippen LogP contribution in [0.25, 0.3) is 0 Å². The SMILES string of the molecule is O=C1C2CCCN2C(=O)N1CCCCCCCCNCC1CCc2ccccc2O1. The molecule has 0 radical (unpaired) electrons. The molecule has 3 amide bonds. The van der Waals surface area contributed by atoms with Crippen LogP contribution in [-0.2, 0) is 11.2 Å². The van der Waals surface area contributed by atoms with Crippen molar-refractivity contribution in [2.45, 2.75) is 76.4 Å². The molecule has 0 aliphatic carbocycles. The maximum atomic E-state index is 12.3. The van der Waals surface area contributed by atoms with Gasteiger partial charge < -0.3 is 15.0 Å². The van der Waals surface area contributed by atoms with Crippen molar-refractivity contribution in [3.63, 3.8) is 0 Å². The van der Waals surface area contributed by atoms with Crippen molar-refractivity contribution in [2.24, 2.45) is 0 Å². The number of imide groups is 1. The monoisotopic (exact) mass is 413 g/mol. The Morgan fingerprint density at radius 1 is 1.00 bits per heavy atom. The Hall–Kier alpha value is -2.08. The molecule has 1 N–H and O–H groups in total. The molecule has 2 atom stereocenters. The van der Waals surface area contributed by atoms with Crippen LogP contribution in [-0.4, -0.2) is 60.1 Å². The summed E-state index contributed by atoms with van der Waals surface area (Å²) in [4.78, 5) is 27.8. The van der Waals surface area contributed by atoms with Crippen molar-refractivity contribution in [1.82, 2.24) is 15.1 Å². The summed E-state index contributed by atoms with van der Waals surface area (Å²) < 4.78 is 6.07. The fourth-order valence-electron chi connectivity index (χ4n) is 4.90. The second-order valence-electron chi connectivity index (χ2n) is 8.84. The molecule has 3 aliphatic rings. The molecule has 3 heterocycles. The first-order valence-electron chi connectivity index (χ1n) is 11.8. The van der Waals surface area contributed by atoms with E-state index in [0.29, 0.717) is 6.54 Å². The highest BCUT2D eigenvalue weighted by atomic mass is 16.5. The van der Waals surface area contributed by atoms with Gasteiger partial charge in [-0.1, -0.05) is 43.9 Å². The van der Waals surface area contributed by atoms with Gasteiger partial charge in [-0.2, -0.15) is 0 Å². The lowest BCUT2D eigenvalue weighted by molar-refractivity contribution is -0.128. The number of hydrogen-bond donors (Lipinski definition) is 1. The lowest BCUT2D eigenvalue weighted by Crippen LogP contribution is -2.34. The minimum absolute atomic E-state index is 0.0361. The van der Waals surface area contributed by atoms with Gasteiger partial charge in [0, 0.05) is 19.6 Å². The maximum Gasteiger partial charge on any atom is 0.327 e. The van der Waals surface area contributed by atoms with E-state index in [-0.39, 0.29) is 24.1 Å². The number of aryl methyl sites for hydroxylation is 1. The smallest absolute Gasteiger partial charge is 0.327 e. The molecular formula is C24H35N3O3. The Morgan fingerprint density at radius 2 is 1.80 bits per heavy atom. The number of urea groups is 1. The molecule has 6 heteroatoms. The van der Waals surface area contributed by atoms with Crippen LogP contribution in [0.5, 0.6) is 5.75 Å². The van der Waals surface area contributed by atoms with Crippen LogP contribution in [0.15, 0.2) is 24.3 Å². The summed E-state index contributed by atoms with van der Waals surface area (Å²) in [5, 5.41) is 3.54. The molecule has 2 fully saturated rings. The van der Waals surface area contributed by atoms with Crippen molar-refractivity contribution >= 4 is 11.9 Å². The van der Waals surface area contributed by atoms with Gasteiger partial charge in [0.05, 0.1) is 0 Å². The number of rotatable bonds is 11. The van der Waals surface area contributed by atoms with Crippen molar-refractivity contribution < 1.29 is 14.3 Å². The van der Waals surface area contributed by atoms with Crippen molar-refractivity contribution in [3.8, 4) is 5.75 Å². The summed E-state index contributed by atoms with van der Waals surface area (Å²) >= 11 is 0. The third-order valence-corrected chi connectivity index (χ3v) is 6.64. The van der Waals surface area contributed by atoms with E-state index in [0.717, 1.165) is 63.9 Å². The Bertz CT molecular complexity index is 716.